The Morgan fingerprint density at radius 3 is 2.58 bits per heavy atom. The summed E-state index contributed by atoms with van der Waals surface area (Å²) in [4.78, 5) is 0. The van der Waals surface area contributed by atoms with Crippen LogP contribution in [0.15, 0.2) is 24.3 Å². The fraction of sp³-hybridized carbons (Fsp3) is 0.647. The van der Waals surface area contributed by atoms with E-state index < -0.39 is 0 Å². The first kappa shape index (κ1) is 16.0. The summed E-state index contributed by atoms with van der Waals surface area (Å²) in [5.74, 6) is 2.44. The summed E-state index contributed by atoms with van der Waals surface area (Å²) in [5.41, 5.74) is 1.33. The average molecular weight is 263 g/mol. The number of hydrogen-bond donors (Lipinski definition) is 1. The molecule has 0 heterocycles. The number of nitrogens with one attached hydrogen (secondary N) is 1. The molecule has 108 valence electrons. The molecule has 1 rings (SSSR count). The highest BCUT2D eigenvalue weighted by Gasteiger charge is 2.18. The van der Waals surface area contributed by atoms with E-state index in [2.05, 4.69) is 44.3 Å². The van der Waals surface area contributed by atoms with Crippen molar-refractivity contribution in [3.63, 3.8) is 0 Å². The quantitative estimate of drug-likeness (QED) is 0.729. The van der Waals surface area contributed by atoms with Crippen LogP contribution in [0.1, 0.15) is 39.2 Å². The van der Waals surface area contributed by atoms with E-state index in [0.29, 0.717) is 5.92 Å². The van der Waals surface area contributed by atoms with Crippen molar-refractivity contribution in [2.24, 2.45) is 11.8 Å². The van der Waals surface area contributed by atoms with Crippen molar-refractivity contribution in [3.05, 3.63) is 29.8 Å². The van der Waals surface area contributed by atoms with Crippen LogP contribution in [-0.4, -0.2) is 20.2 Å². The fourth-order valence-corrected chi connectivity index (χ4v) is 2.65. The van der Waals surface area contributed by atoms with Crippen molar-refractivity contribution in [3.8, 4) is 5.75 Å². The van der Waals surface area contributed by atoms with Crippen molar-refractivity contribution in [1.29, 1.82) is 0 Å². The van der Waals surface area contributed by atoms with Crippen molar-refractivity contribution in [2.45, 2.75) is 40.0 Å². The predicted molar refractivity (Wildman–Crippen MR) is 82.8 cm³/mol. The molecule has 2 heteroatoms. The molecule has 0 amide bonds. The number of benzene rings is 1. The molecule has 0 aliphatic heterocycles. The van der Waals surface area contributed by atoms with Crippen LogP contribution >= 0.6 is 0 Å². The van der Waals surface area contributed by atoms with E-state index in [4.69, 9.17) is 4.74 Å². The zero-order chi connectivity index (χ0) is 14.1. The third-order valence-corrected chi connectivity index (χ3v) is 3.88. The zero-order valence-corrected chi connectivity index (χ0v) is 12.9. The molecule has 1 aromatic carbocycles. The lowest BCUT2D eigenvalue weighted by Crippen LogP contribution is -2.28. The topological polar surface area (TPSA) is 21.3 Å². The number of para-hydroxylation sites is 1. The van der Waals surface area contributed by atoms with Gasteiger partial charge in [0, 0.05) is 0 Å². The van der Waals surface area contributed by atoms with E-state index >= 15 is 0 Å². The highest BCUT2D eigenvalue weighted by molar-refractivity contribution is 5.33. The van der Waals surface area contributed by atoms with Gasteiger partial charge in [0.05, 0.1) is 7.11 Å². The van der Waals surface area contributed by atoms with Crippen LogP contribution in [0, 0.1) is 11.8 Å². The minimum Gasteiger partial charge on any atom is -0.496 e. The van der Waals surface area contributed by atoms with Gasteiger partial charge >= 0.3 is 0 Å². The van der Waals surface area contributed by atoms with Crippen molar-refractivity contribution < 1.29 is 4.74 Å². The molecule has 2 nitrogen and oxygen atoms in total. The lowest BCUT2D eigenvalue weighted by atomic mass is 9.85. The van der Waals surface area contributed by atoms with E-state index in [1.165, 1.54) is 18.4 Å². The Kier molecular flexibility index (Phi) is 7.57. The van der Waals surface area contributed by atoms with E-state index in [-0.39, 0.29) is 0 Å². The Bertz CT molecular complexity index is 351. The maximum atomic E-state index is 5.47. The molecule has 19 heavy (non-hydrogen) atoms. The van der Waals surface area contributed by atoms with Gasteiger partial charge in [-0.3, -0.25) is 0 Å². The first-order valence-electron chi connectivity index (χ1n) is 7.55. The summed E-state index contributed by atoms with van der Waals surface area (Å²) in [6.45, 7) is 8.95. The SMILES string of the molecule is CCCC(C)C(CNCC)Cc1ccccc1OC. The van der Waals surface area contributed by atoms with Crippen LogP contribution in [0.4, 0.5) is 0 Å². The van der Waals surface area contributed by atoms with Gasteiger partial charge in [0.15, 0.2) is 0 Å². The lowest BCUT2D eigenvalue weighted by molar-refractivity contribution is 0.315. The van der Waals surface area contributed by atoms with Gasteiger partial charge < -0.3 is 10.1 Å². The van der Waals surface area contributed by atoms with Crippen molar-refractivity contribution in [2.75, 3.05) is 20.2 Å². The second-order valence-electron chi connectivity index (χ2n) is 5.35. The van der Waals surface area contributed by atoms with Crippen LogP contribution < -0.4 is 10.1 Å². The van der Waals surface area contributed by atoms with Gasteiger partial charge in [-0.05, 0) is 43.0 Å². The summed E-state index contributed by atoms with van der Waals surface area (Å²) in [7, 11) is 1.76. The van der Waals surface area contributed by atoms with Crippen molar-refractivity contribution in [1.82, 2.24) is 5.32 Å². The number of hydrogen-bond acceptors (Lipinski definition) is 2. The summed E-state index contributed by atoms with van der Waals surface area (Å²) < 4.78 is 5.47. The Morgan fingerprint density at radius 1 is 1.21 bits per heavy atom. The summed E-state index contributed by atoms with van der Waals surface area (Å²) >= 11 is 0. The predicted octanol–water partition coefficient (Wildman–Crippen LogP) is 3.90. The van der Waals surface area contributed by atoms with Crippen LogP contribution in [0.3, 0.4) is 0 Å². The van der Waals surface area contributed by atoms with Crippen LogP contribution in [0.5, 0.6) is 5.75 Å². The summed E-state index contributed by atoms with van der Waals surface area (Å²) in [6, 6.07) is 8.39. The molecule has 0 fully saturated rings. The second-order valence-corrected chi connectivity index (χ2v) is 5.35. The van der Waals surface area contributed by atoms with Gasteiger partial charge in [-0.1, -0.05) is 51.8 Å². The standard InChI is InChI=1S/C17H29NO/c1-5-9-14(3)16(13-18-6-2)12-15-10-7-8-11-17(15)19-4/h7-8,10-11,14,16,18H,5-6,9,12-13H2,1-4H3. The van der Waals surface area contributed by atoms with Gasteiger partial charge in [0.2, 0.25) is 0 Å². The smallest absolute Gasteiger partial charge is 0.122 e. The van der Waals surface area contributed by atoms with Gasteiger partial charge in [0.25, 0.3) is 0 Å². The van der Waals surface area contributed by atoms with Gasteiger partial charge in [-0.15, -0.1) is 0 Å². The number of ether oxygens (including phenoxy) is 1. The third-order valence-electron chi connectivity index (χ3n) is 3.88. The van der Waals surface area contributed by atoms with E-state index in [0.717, 1.165) is 31.2 Å². The third kappa shape index (κ3) is 5.23. The molecular formula is C17H29NO. The van der Waals surface area contributed by atoms with E-state index in [9.17, 15) is 0 Å². The van der Waals surface area contributed by atoms with Crippen molar-refractivity contribution >= 4 is 0 Å². The molecular weight excluding hydrogens is 234 g/mol. The largest absolute Gasteiger partial charge is 0.496 e. The molecule has 0 spiro atoms. The molecule has 0 saturated carbocycles. The van der Waals surface area contributed by atoms with E-state index in [1.54, 1.807) is 7.11 Å². The fourth-order valence-electron chi connectivity index (χ4n) is 2.65. The Hall–Kier alpha value is -1.02. The molecule has 0 aliphatic carbocycles. The number of rotatable bonds is 9. The van der Waals surface area contributed by atoms with Gasteiger partial charge in [-0.25, -0.2) is 0 Å². The van der Waals surface area contributed by atoms with Gasteiger partial charge in [-0.2, -0.15) is 0 Å². The molecule has 2 unspecified atom stereocenters. The molecule has 0 bridgehead atoms. The summed E-state index contributed by atoms with van der Waals surface area (Å²) in [5, 5.41) is 3.50. The Labute approximate surface area is 118 Å². The molecule has 0 radical (unpaired) electrons. The minimum absolute atomic E-state index is 0.677. The normalized spacial score (nSPS) is 14.1. The summed E-state index contributed by atoms with van der Waals surface area (Å²) in [6.07, 6.45) is 3.65. The molecule has 1 aromatic rings. The van der Waals surface area contributed by atoms with Crippen LogP contribution in [-0.2, 0) is 6.42 Å². The molecule has 0 aliphatic rings. The minimum atomic E-state index is 0.677. The molecule has 0 aromatic heterocycles. The maximum Gasteiger partial charge on any atom is 0.122 e. The van der Waals surface area contributed by atoms with E-state index in [1.807, 2.05) is 6.07 Å². The lowest BCUT2D eigenvalue weighted by Gasteiger charge is -2.25. The molecule has 0 saturated heterocycles. The highest BCUT2D eigenvalue weighted by atomic mass is 16.5. The molecule has 1 N–H and O–H groups in total. The average Bonchev–Trinajstić information content (AvgIpc) is 2.44. The zero-order valence-electron chi connectivity index (χ0n) is 12.9. The molecule has 2 atom stereocenters. The maximum absolute atomic E-state index is 5.47. The second kappa shape index (κ2) is 8.98. The van der Waals surface area contributed by atoms with Gasteiger partial charge in [0.1, 0.15) is 5.75 Å². The monoisotopic (exact) mass is 263 g/mol. The Morgan fingerprint density at radius 2 is 1.95 bits per heavy atom. The highest BCUT2D eigenvalue weighted by Crippen LogP contribution is 2.26. The first-order valence-corrected chi connectivity index (χ1v) is 7.55. The Balaban J connectivity index is 2.74. The number of methoxy groups -OCH3 is 1. The van der Waals surface area contributed by atoms with Crippen LogP contribution in [0.2, 0.25) is 0 Å². The van der Waals surface area contributed by atoms with Crippen LogP contribution in [0.25, 0.3) is 0 Å². The first-order chi connectivity index (χ1) is 9.22.